The van der Waals surface area contributed by atoms with Crippen molar-refractivity contribution in [2.45, 2.75) is 13.0 Å². The van der Waals surface area contributed by atoms with Gasteiger partial charge in [0.25, 0.3) is 0 Å². The highest BCUT2D eigenvalue weighted by molar-refractivity contribution is 5.84. The third-order valence-corrected chi connectivity index (χ3v) is 1.76. The van der Waals surface area contributed by atoms with Gasteiger partial charge in [0.15, 0.2) is 0 Å². The number of aliphatic carboxylic acids is 1. The number of aliphatic hydroxyl groups is 1. The first kappa shape index (κ1) is 12.9. The maximum absolute atomic E-state index is 11.3. The quantitative estimate of drug-likeness (QED) is 0.418. The van der Waals surface area contributed by atoms with E-state index in [0.29, 0.717) is 6.54 Å². The Morgan fingerprint density at radius 2 is 2.00 bits per heavy atom. The Morgan fingerprint density at radius 3 is 2.36 bits per heavy atom. The van der Waals surface area contributed by atoms with Crippen LogP contribution in [0.2, 0.25) is 0 Å². The zero-order valence-electron chi connectivity index (χ0n) is 8.28. The van der Waals surface area contributed by atoms with E-state index in [1.807, 2.05) is 0 Å². The predicted molar refractivity (Wildman–Crippen MR) is 49.7 cm³/mol. The molecule has 0 aliphatic carbocycles. The number of aliphatic hydroxyl groups excluding tert-OH is 1. The number of rotatable bonds is 6. The first-order chi connectivity index (χ1) is 6.52. The van der Waals surface area contributed by atoms with Crippen molar-refractivity contribution in [2.24, 2.45) is 5.92 Å². The second-order valence-electron chi connectivity index (χ2n) is 3.04. The van der Waals surface area contributed by atoms with Gasteiger partial charge >= 0.3 is 5.97 Å². The molecule has 6 nitrogen and oxygen atoms in total. The minimum absolute atomic E-state index is 0.326. The van der Waals surface area contributed by atoms with Crippen molar-refractivity contribution < 1.29 is 19.8 Å². The summed E-state index contributed by atoms with van der Waals surface area (Å²) in [6.07, 6.45) is 0. The fourth-order valence-corrected chi connectivity index (χ4v) is 0.898. The van der Waals surface area contributed by atoms with Crippen LogP contribution in [0, 0.1) is 5.92 Å². The van der Waals surface area contributed by atoms with Crippen LogP contribution in [0.15, 0.2) is 0 Å². The van der Waals surface area contributed by atoms with Gasteiger partial charge < -0.3 is 20.8 Å². The van der Waals surface area contributed by atoms with Gasteiger partial charge in [0.2, 0.25) is 5.91 Å². The number of carbonyl (C=O) groups is 2. The largest absolute Gasteiger partial charge is 0.480 e. The van der Waals surface area contributed by atoms with E-state index in [0.717, 1.165) is 0 Å². The molecule has 82 valence electrons. The van der Waals surface area contributed by atoms with Gasteiger partial charge in [-0.05, 0) is 7.05 Å². The third-order valence-electron chi connectivity index (χ3n) is 1.76. The average Bonchev–Trinajstić information content (AvgIpc) is 2.13. The highest BCUT2D eigenvalue weighted by atomic mass is 16.4. The number of carboxylic acids is 1. The monoisotopic (exact) mass is 204 g/mol. The molecule has 4 N–H and O–H groups in total. The van der Waals surface area contributed by atoms with Gasteiger partial charge in [-0.2, -0.15) is 0 Å². The van der Waals surface area contributed by atoms with Crippen LogP contribution in [-0.2, 0) is 9.59 Å². The highest BCUT2D eigenvalue weighted by Crippen LogP contribution is 1.94. The molecule has 0 aliphatic heterocycles. The van der Waals surface area contributed by atoms with E-state index in [1.165, 1.54) is 0 Å². The Kier molecular flexibility index (Phi) is 5.82. The van der Waals surface area contributed by atoms with Gasteiger partial charge in [-0.25, -0.2) is 4.79 Å². The van der Waals surface area contributed by atoms with E-state index < -0.39 is 18.6 Å². The van der Waals surface area contributed by atoms with Gasteiger partial charge in [-0.1, -0.05) is 6.92 Å². The Balaban J connectivity index is 4.08. The van der Waals surface area contributed by atoms with Crippen LogP contribution in [0.25, 0.3) is 0 Å². The molecule has 0 saturated carbocycles. The van der Waals surface area contributed by atoms with Gasteiger partial charge in [-0.15, -0.1) is 0 Å². The van der Waals surface area contributed by atoms with Crippen LogP contribution in [0.3, 0.4) is 0 Å². The van der Waals surface area contributed by atoms with Crippen LogP contribution in [-0.4, -0.2) is 48.3 Å². The summed E-state index contributed by atoms with van der Waals surface area (Å²) in [4.78, 5) is 21.7. The van der Waals surface area contributed by atoms with E-state index >= 15 is 0 Å². The molecular weight excluding hydrogens is 188 g/mol. The SMILES string of the molecule is CNCC(C)C(=O)NC(CO)C(=O)O. The number of carbonyl (C=O) groups excluding carboxylic acids is 1. The molecule has 0 heterocycles. The molecular formula is C8H16N2O4. The van der Waals surface area contributed by atoms with Crippen molar-refractivity contribution in [2.75, 3.05) is 20.2 Å². The van der Waals surface area contributed by atoms with Crippen molar-refractivity contribution in [1.29, 1.82) is 0 Å². The molecule has 0 aromatic carbocycles. The normalized spacial score (nSPS) is 14.5. The number of hydrogen-bond acceptors (Lipinski definition) is 4. The molecule has 14 heavy (non-hydrogen) atoms. The lowest BCUT2D eigenvalue weighted by Crippen LogP contribution is -2.46. The zero-order valence-corrected chi connectivity index (χ0v) is 8.28. The molecule has 1 amide bonds. The summed E-state index contributed by atoms with van der Waals surface area (Å²) >= 11 is 0. The third kappa shape index (κ3) is 4.20. The van der Waals surface area contributed by atoms with Crippen LogP contribution in [0.5, 0.6) is 0 Å². The molecule has 6 heteroatoms. The zero-order chi connectivity index (χ0) is 11.1. The van der Waals surface area contributed by atoms with E-state index in [-0.39, 0.29) is 11.8 Å². The van der Waals surface area contributed by atoms with Crippen LogP contribution < -0.4 is 10.6 Å². The van der Waals surface area contributed by atoms with Gasteiger partial charge in [0, 0.05) is 12.5 Å². The minimum atomic E-state index is -1.24. The van der Waals surface area contributed by atoms with Crippen molar-refractivity contribution in [1.82, 2.24) is 10.6 Å². The molecule has 0 saturated heterocycles. The summed E-state index contributed by atoms with van der Waals surface area (Å²) in [6.45, 7) is 1.53. The van der Waals surface area contributed by atoms with Crippen LogP contribution >= 0.6 is 0 Å². The predicted octanol–water partition coefficient (Wildman–Crippen LogP) is -1.60. The number of nitrogens with one attached hydrogen (secondary N) is 2. The van der Waals surface area contributed by atoms with Gasteiger partial charge in [0.05, 0.1) is 6.61 Å². The van der Waals surface area contributed by atoms with E-state index in [1.54, 1.807) is 14.0 Å². The van der Waals surface area contributed by atoms with Gasteiger partial charge in [-0.3, -0.25) is 4.79 Å². The molecule has 2 unspecified atom stereocenters. The topological polar surface area (TPSA) is 98.7 Å². The summed E-state index contributed by atoms with van der Waals surface area (Å²) in [6, 6.07) is -1.22. The molecule has 0 spiro atoms. The molecule has 2 atom stereocenters. The summed E-state index contributed by atoms with van der Waals surface area (Å²) in [5.41, 5.74) is 0. The maximum Gasteiger partial charge on any atom is 0.328 e. The molecule has 0 aromatic rings. The lowest BCUT2D eigenvalue weighted by atomic mass is 10.1. The fraction of sp³-hybridized carbons (Fsp3) is 0.750. The first-order valence-electron chi connectivity index (χ1n) is 4.31. The standard InChI is InChI=1S/C8H16N2O4/c1-5(3-9-2)7(12)10-6(4-11)8(13)14/h5-6,9,11H,3-4H2,1-2H3,(H,10,12)(H,13,14). The molecule has 0 aliphatic rings. The summed E-state index contributed by atoms with van der Waals surface area (Å²) in [7, 11) is 1.70. The Labute approximate surface area is 82.3 Å². The molecule has 0 bridgehead atoms. The maximum atomic E-state index is 11.3. The second kappa shape index (κ2) is 6.33. The average molecular weight is 204 g/mol. The molecule has 0 rings (SSSR count). The Bertz CT molecular complexity index is 208. The van der Waals surface area contributed by atoms with E-state index in [2.05, 4.69) is 10.6 Å². The number of hydrogen-bond donors (Lipinski definition) is 4. The van der Waals surface area contributed by atoms with Crippen molar-refractivity contribution in [3.8, 4) is 0 Å². The van der Waals surface area contributed by atoms with Crippen LogP contribution in [0.1, 0.15) is 6.92 Å². The van der Waals surface area contributed by atoms with Crippen molar-refractivity contribution in [3.05, 3.63) is 0 Å². The number of carboxylic acid groups (broad SMARTS) is 1. The smallest absolute Gasteiger partial charge is 0.328 e. The highest BCUT2D eigenvalue weighted by Gasteiger charge is 2.21. The summed E-state index contributed by atoms with van der Waals surface area (Å²) in [5.74, 6) is -1.95. The van der Waals surface area contributed by atoms with Gasteiger partial charge in [0.1, 0.15) is 6.04 Å². The molecule has 0 aromatic heterocycles. The van der Waals surface area contributed by atoms with Crippen molar-refractivity contribution in [3.63, 3.8) is 0 Å². The number of amides is 1. The van der Waals surface area contributed by atoms with E-state index in [9.17, 15) is 9.59 Å². The van der Waals surface area contributed by atoms with Crippen LogP contribution in [0.4, 0.5) is 0 Å². The Morgan fingerprint density at radius 1 is 1.43 bits per heavy atom. The summed E-state index contributed by atoms with van der Waals surface area (Å²) < 4.78 is 0. The molecule has 0 fully saturated rings. The minimum Gasteiger partial charge on any atom is -0.480 e. The first-order valence-corrected chi connectivity index (χ1v) is 4.31. The lowest BCUT2D eigenvalue weighted by Gasteiger charge is -2.15. The lowest BCUT2D eigenvalue weighted by molar-refractivity contribution is -0.143. The summed E-state index contributed by atoms with van der Waals surface area (Å²) in [5, 5.41) is 22.2. The van der Waals surface area contributed by atoms with E-state index in [4.69, 9.17) is 10.2 Å². The second-order valence-corrected chi connectivity index (χ2v) is 3.04. The molecule has 0 radical (unpaired) electrons. The Hall–Kier alpha value is -1.14. The fourth-order valence-electron chi connectivity index (χ4n) is 0.898. The van der Waals surface area contributed by atoms with Crippen molar-refractivity contribution >= 4 is 11.9 Å².